The van der Waals surface area contributed by atoms with E-state index in [0.29, 0.717) is 19.4 Å². The van der Waals surface area contributed by atoms with Gasteiger partial charge in [-0.15, -0.1) is 0 Å². The number of primary amides is 1. The van der Waals surface area contributed by atoms with Crippen molar-refractivity contribution in [3.63, 3.8) is 0 Å². The fourth-order valence-corrected chi connectivity index (χ4v) is 4.12. The van der Waals surface area contributed by atoms with Crippen molar-refractivity contribution < 1.29 is 29.1 Å². The first-order valence-electron chi connectivity index (χ1n) is 13.6. The third kappa shape index (κ3) is 12.2. The molecule has 0 spiro atoms. The van der Waals surface area contributed by atoms with Crippen molar-refractivity contribution in [2.24, 2.45) is 17.2 Å². The van der Waals surface area contributed by atoms with Gasteiger partial charge in [-0.05, 0) is 43.4 Å². The summed E-state index contributed by atoms with van der Waals surface area (Å²) in [6, 6.07) is 13.4. The van der Waals surface area contributed by atoms with E-state index in [-0.39, 0.29) is 32.1 Å². The van der Waals surface area contributed by atoms with Crippen molar-refractivity contribution in [1.29, 1.82) is 0 Å². The highest BCUT2D eigenvalue weighted by Gasteiger charge is 2.30. The first kappa shape index (κ1) is 32.9. The van der Waals surface area contributed by atoms with Crippen molar-refractivity contribution in [1.82, 2.24) is 16.0 Å². The maximum atomic E-state index is 13.6. The summed E-state index contributed by atoms with van der Waals surface area (Å²) in [5, 5.41) is 17.5. The van der Waals surface area contributed by atoms with Gasteiger partial charge in [-0.1, -0.05) is 60.7 Å². The summed E-state index contributed by atoms with van der Waals surface area (Å²) in [5.74, 6) is -3.79. The van der Waals surface area contributed by atoms with Crippen molar-refractivity contribution in [3.05, 3.63) is 71.8 Å². The molecule has 0 saturated carbocycles. The van der Waals surface area contributed by atoms with Crippen LogP contribution in [0, 0.1) is 0 Å². The first-order valence-corrected chi connectivity index (χ1v) is 13.6. The third-order valence-electron chi connectivity index (χ3n) is 6.43. The molecule has 0 bridgehead atoms. The van der Waals surface area contributed by atoms with Gasteiger partial charge in [-0.25, -0.2) is 4.79 Å². The quantitative estimate of drug-likeness (QED) is 0.118. The number of rotatable bonds is 18. The lowest BCUT2D eigenvalue weighted by Crippen LogP contribution is -2.58. The lowest BCUT2D eigenvalue weighted by atomic mass is 10.0. The Bertz CT molecular complexity index is 1150. The molecular weight excluding hydrogens is 528 g/mol. The van der Waals surface area contributed by atoms with E-state index in [0.717, 1.165) is 11.1 Å². The number of hydrogen-bond donors (Lipinski definition) is 7. The highest BCUT2D eigenvalue weighted by atomic mass is 16.4. The van der Waals surface area contributed by atoms with Crippen molar-refractivity contribution in [3.8, 4) is 0 Å². The van der Waals surface area contributed by atoms with Crippen LogP contribution in [0.15, 0.2) is 60.7 Å². The number of amides is 4. The third-order valence-corrected chi connectivity index (χ3v) is 6.43. The standard InChI is InChI=1S/C29H40N6O6/c30-16-8-7-13-22(29(40)41)33-27(38)24(18-20-11-5-2-6-12-20)35-28(39)23(17-19-9-3-1-4-10-19)34-26(37)21(31)14-15-25(32)36/h1-6,9-12,21-24H,7-8,13-18,30-31H2,(H2,32,36)(H,33,38)(H,34,37)(H,35,39)(H,40,41). The number of carboxylic acid groups (broad SMARTS) is 1. The first-order chi connectivity index (χ1) is 19.6. The second-order valence-corrected chi connectivity index (χ2v) is 9.80. The van der Waals surface area contributed by atoms with E-state index in [4.69, 9.17) is 17.2 Å². The minimum Gasteiger partial charge on any atom is -0.480 e. The predicted molar refractivity (Wildman–Crippen MR) is 153 cm³/mol. The predicted octanol–water partition coefficient (Wildman–Crippen LogP) is -0.267. The van der Waals surface area contributed by atoms with E-state index in [1.807, 2.05) is 12.1 Å². The summed E-state index contributed by atoms with van der Waals surface area (Å²) in [6.45, 7) is 0.397. The van der Waals surface area contributed by atoms with Crippen LogP contribution in [0.4, 0.5) is 0 Å². The number of nitrogens with two attached hydrogens (primary N) is 3. The van der Waals surface area contributed by atoms with Crippen LogP contribution in [0.5, 0.6) is 0 Å². The van der Waals surface area contributed by atoms with E-state index < -0.39 is 53.8 Å². The zero-order valence-electron chi connectivity index (χ0n) is 23.0. The van der Waals surface area contributed by atoms with Gasteiger partial charge in [0.15, 0.2) is 0 Å². The van der Waals surface area contributed by atoms with Crippen LogP contribution in [-0.4, -0.2) is 65.4 Å². The van der Waals surface area contributed by atoms with Crippen LogP contribution in [0.25, 0.3) is 0 Å². The number of aliphatic carboxylic acids is 1. The summed E-state index contributed by atoms with van der Waals surface area (Å²) < 4.78 is 0. The second-order valence-electron chi connectivity index (χ2n) is 9.80. The van der Waals surface area contributed by atoms with Gasteiger partial charge in [0.25, 0.3) is 0 Å². The van der Waals surface area contributed by atoms with Gasteiger partial charge in [0.05, 0.1) is 6.04 Å². The molecule has 0 radical (unpaired) electrons. The highest BCUT2D eigenvalue weighted by molar-refractivity contribution is 5.94. The minimum absolute atomic E-state index is 0.000609. The number of carboxylic acids is 1. The Morgan fingerprint density at radius 2 is 1.15 bits per heavy atom. The number of hydrogen-bond acceptors (Lipinski definition) is 7. The van der Waals surface area contributed by atoms with Gasteiger partial charge in [0, 0.05) is 19.3 Å². The van der Waals surface area contributed by atoms with Crippen molar-refractivity contribution in [2.45, 2.75) is 69.1 Å². The summed E-state index contributed by atoms with van der Waals surface area (Å²) in [5.41, 5.74) is 18.1. The Morgan fingerprint density at radius 1 is 0.683 bits per heavy atom. The molecule has 4 unspecified atom stereocenters. The molecule has 0 aliphatic rings. The number of benzene rings is 2. The second kappa shape index (κ2) is 17.4. The summed E-state index contributed by atoms with van der Waals surface area (Å²) in [4.78, 5) is 62.6. The molecule has 0 saturated heterocycles. The fraction of sp³-hybridized carbons (Fsp3) is 0.414. The van der Waals surface area contributed by atoms with E-state index >= 15 is 0 Å². The summed E-state index contributed by atoms with van der Waals surface area (Å²) in [6.07, 6.45) is 1.37. The van der Waals surface area contributed by atoms with Gasteiger partial charge >= 0.3 is 5.97 Å². The minimum atomic E-state index is -1.20. The SMILES string of the molecule is NCCCCC(NC(=O)C(Cc1ccccc1)NC(=O)C(Cc1ccccc1)NC(=O)C(N)CCC(N)=O)C(=O)O. The molecule has 2 aromatic carbocycles. The maximum Gasteiger partial charge on any atom is 0.326 e. The topological polar surface area (TPSA) is 220 Å². The Kier molecular flexibility index (Phi) is 14.0. The largest absolute Gasteiger partial charge is 0.480 e. The van der Waals surface area contributed by atoms with Gasteiger partial charge < -0.3 is 38.3 Å². The lowest BCUT2D eigenvalue weighted by Gasteiger charge is -2.25. The molecule has 12 heteroatoms. The number of nitrogens with one attached hydrogen (secondary N) is 3. The summed E-state index contributed by atoms with van der Waals surface area (Å²) >= 11 is 0. The zero-order valence-corrected chi connectivity index (χ0v) is 23.0. The van der Waals surface area contributed by atoms with E-state index in [9.17, 15) is 29.1 Å². The molecule has 12 nitrogen and oxygen atoms in total. The molecule has 4 atom stereocenters. The van der Waals surface area contributed by atoms with Crippen LogP contribution >= 0.6 is 0 Å². The average molecular weight is 569 g/mol. The van der Waals surface area contributed by atoms with Crippen molar-refractivity contribution in [2.75, 3.05) is 6.54 Å². The monoisotopic (exact) mass is 568 g/mol. The van der Waals surface area contributed by atoms with Crippen LogP contribution in [0.1, 0.15) is 43.2 Å². The Morgan fingerprint density at radius 3 is 1.59 bits per heavy atom. The highest BCUT2D eigenvalue weighted by Crippen LogP contribution is 2.09. The summed E-state index contributed by atoms with van der Waals surface area (Å²) in [7, 11) is 0. The van der Waals surface area contributed by atoms with Gasteiger partial charge in [-0.2, -0.15) is 0 Å². The smallest absolute Gasteiger partial charge is 0.326 e. The van der Waals surface area contributed by atoms with E-state index in [1.165, 1.54) is 0 Å². The van der Waals surface area contributed by atoms with Crippen LogP contribution in [0.2, 0.25) is 0 Å². The molecule has 0 aromatic heterocycles. The molecule has 0 fully saturated rings. The Hall–Kier alpha value is -4.29. The molecule has 0 aliphatic heterocycles. The zero-order chi connectivity index (χ0) is 30.2. The van der Waals surface area contributed by atoms with E-state index in [1.54, 1.807) is 48.5 Å². The van der Waals surface area contributed by atoms with Gasteiger partial charge in [0.2, 0.25) is 23.6 Å². The van der Waals surface area contributed by atoms with Gasteiger partial charge in [0.1, 0.15) is 18.1 Å². The molecule has 222 valence electrons. The van der Waals surface area contributed by atoms with Crippen molar-refractivity contribution >= 4 is 29.6 Å². The van der Waals surface area contributed by atoms with E-state index in [2.05, 4.69) is 16.0 Å². The normalized spacial score (nSPS) is 13.7. The number of carbonyl (C=O) groups excluding carboxylic acids is 4. The molecule has 41 heavy (non-hydrogen) atoms. The molecule has 2 aromatic rings. The molecule has 2 rings (SSSR count). The number of unbranched alkanes of at least 4 members (excludes halogenated alkanes) is 1. The van der Waals surface area contributed by atoms with Gasteiger partial charge in [-0.3, -0.25) is 19.2 Å². The van der Waals surface area contributed by atoms with Crippen LogP contribution in [0.3, 0.4) is 0 Å². The maximum absolute atomic E-state index is 13.6. The number of carbonyl (C=O) groups is 5. The molecule has 4 amide bonds. The average Bonchev–Trinajstić information content (AvgIpc) is 2.95. The lowest BCUT2D eigenvalue weighted by molar-refractivity contribution is -0.142. The fourth-order valence-electron chi connectivity index (χ4n) is 4.12. The van der Waals surface area contributed by atoms with Crippen LogP contribution in [-0.2, 0) is 36.8 Å². The Balaban J connectivity index is 2.26. The van der Waals surface area contributed by atoms with Crippen LogP contribution < -0.4 is 33.2 Å². The molecule has 0 heterocycles. The molecular formula is C29H40N6O6. The molecule has 0 aliphatic carbocycles. The Labute approximate surface area is 239 Å². The molecule has 10 N–H and O–H groups in total.